The van der Waals surface area contributed by atoms with Gasteiger partial charge >= 0.3 is 0 Å². The van der Waals surface area contributed by atoms with Crippen LogP contribution in [0.15, 0.2) is 60.7 Å². The molecule has 0 N–H and O–H groups in total. The summed E-state index contributed by atoms with van der Waals surface area (Å²) in [5.41, 5.74) is 0.747. The number of benzene rings is 2. The molecule has 18 heavy (non-hydrogen) atoms. The fraction of sp³-hybridized carbons (Fsp3) is 0. The number of allylic oxidation sites excluding steroid dienone is 1. The van der Waals surface area contributed by atoms with Crippen LogP contribution in [-0.2, 0) is 4.79 Å². The standard InChI is InChI=1S/C15H11ClO2/c16-15(9-10-17)12-5-4-8-14(11-12)18-13-6-2-1-3-7-13/h1-11H. The quantitative estimate of drug-likeness (QED) is 0.605. The third-order valence-corrected chi connectivity index (χ3v) is 2.65. The van der Waals surface area contributed by atoms with E-state index in [1.165, 1.54) is 6.08 Å². The molecule has 0 amide bonds. The topological polar surface area (TPSA) is 26.3 Å². The molecule has 0 aliphatic rings. The Morgan fingerprint density at radius 2 is 1.72 bits per heavy atom. The van der Waals surface area contributed by atoms with Crippen LogP contribution in [0.2, 0.25) is 0 Å². The van der Waals surface area contributed by atoms with E-state index < -0.39 is 0 Å². The maximum absolute atomic E-state index is 10.4. The molecule has 0 unspecified atom stereocenters. The van der Waals surface area contributed by atoms with Crippen molar-refractivity contribution in [3.8, 4) is 11.5 Å². The normalized spacial score (nSPS) is 11.1. The number of halogens is 1. The summed E-state index contributed by atoms with van der Waals surface area (Å²) in [7, 11) is 0. The van der Waals surface area contributed by atoms with E-state index in [-0.39, 0.29) is 0 Å². The first kappa shape index (κ1) is 12.4. The van der Waals surface area contributed by atoms with Crippen LogP contribution in [0, 0.1) is 0 Å². The summed E-state index contributed by atoms with van der Waals surface area (Å²) in [5, 5.41) is 0.392. The molecule has 0 aliphatic carbocycles. The van der Waals surface area contributed by atoms with Crippen molar-refractivity contribution < 1.29 is 9.53 Å². The fourth-order valence-corrected chi connectivity index (χ4v) is 1.66. The van der Waals surface area contributed by atoms with Crippen LogP contribution < -0.4 is 4.74 Å². The van der Waals surface area contributed by atoms with Gasteiger partial charge in [0.15, 0.2) is 0 Å². The van der Waals surface area contributed by atoms with E-state index in [1.54, 1.807) is 6.07 Å². The number of rotatable bonds is 4. The van der Waals surface area contributed by atoms with Gasteiger partial charge in [-0.05, 0) is 35.9 Å². The first-order chi connectivity index (χ1) is 8.79. The Kier molecular flexibility index (Phi) is 4.15. The van der Waals surface area contributed by atoms with Crippen LogP contribution in [0.25, 0.3) is 5.03 Å². The van der Waals surface area contributed by atoms with E-state index in [4.69, 9.17) is 16.3 Å². The second kappa shape index (κ2) is 6.03. The molecule has 0 aromatic heterocycles. The molecule has 2 aromatic carbocycles. The lowest BCUT2D eigenvalue weighted by molar-refractivity contribution is -0.104. The maximum atomic E-state index is 10.4. The molecule has 0 aliphatic heterocycles. The molecule has 0 saturated carbocycles. The minimum atomic E-state index is 0.392. The number of hydrogen-bond acceptors (Lipinski definition) is 2. The zero-order valence-corrected chi connectivity index (χ0v) is 10.3. The summed E-state index contributed by atoms with van der Waals surface area (Å²) >= 11 is 5.96. The van der Waals surface area contributed by atoms with Crippen LogP contribution in [-0.4, -0.2) is 6.29 Å². The van der Waals surface area contributed by atoms with Crippen LogP contribution in [0.5, 0.6) is 11.5 Å². The van der Waals surface area contributed by atoms with Gasteiger partial charge in [0.25, 0.3) is 0 Å². The second-order valence-corrected chi connectivity index (χ2v) is 4.00. The Morgan fingerprint density at radius 1 is 1.00 bits per heavy atom. The van der Waals surface area contributed by atoms with Crippen molar-refractivity contribution in [1.29, 1.82) is 0 Å². The SMILES string of the molecule is O=CC=C(Cl)c1cccc(Oc2ccccc2)c1. The number of carbonyl (C=O) groups is 1. The molecule has 0 fully saturated rings. The highest BCUT2D eigenvalue weighted by Crippen LogP contribution is 2.26. The largest absolute Gasteiger partial charge is 0.457 e. The summed E-state index contributed by atoms with van der Waals surface area (Å²) in [5.74, 6) is 1.43. The molecular weight excluding hydrogens is 248 g/mol. The zero-order valence-electron chi connectivity index (χ0n) is 9.55. The number of hydrogen-bond donors (Lipinski definition) is 0. The predicted molar refractivity (Wildman–Crippen MR) is 72.9 cm³/mol. The Bertz CT molecular complexity index is 562. The van der Waals surface area contributed by atoms with Gasteiger partial charge in [0.05, 0.1) is 5.03 Å². The minimum Gasteiger partial charge on any atom is -0.457 e. The molecule has 0 heterocycles. The summed E-state index contributed by atoms with van der Waals surface area (Å²) in [4.78, 5) is 10.4. The molecule has 90 valence electrons. The molecule has 2 rings (SSSR count). The Hall–Kier alpha value is -2.06. The van der Waals surface area contributed by atoms with E-state index in [1.807, 2.05) is 48.5 Å². The zero-order chi connectivity index (χ0) is 12.8. The van der Waals surface area contributed by atoms with Gasteiger partial charge in [0.1, 0.15) is 17.8 Å². The lowest BCUT2D eigenvalue weighted by atomic mass is 10.2. The molecule has 3 heteroatoms. The van der Waals surface area contributed by atoms with E-state index >= 15 is 0 Å². The van der Waals surface area contributed by atoms with Crippen molar-refractivity contribution in [3.05, 3.63) is 66.2 Å². The van der Waals surface area contributed by atoms with E-state index in [9.17, 15) is 4.79 Å². The average Bonchev–Trinajstić information content (AvgIpc) is 2.40. The summed E-state index contributed by atoms with van der Waals surface area (Å²) in [6.07, 6.45) is 1.97. The lowest BCUT2D eigenvalue weighted by Crippen LogP contribution is -1.85. The molecule has 0 bridgehead atoms. The first-order valence-electron chi connectivity index (χ1n) is 5.44. The number of ether oxygens (including phenoxy) is 1. The Morgan fingerprint density at radius 3 is 2.44 bits per heavy atom. The molecule has 0 spiro atoms. The van der Waals surface area contributed by atoms with E-state index in [0.29, 0.717) is 17.1 Å². The average molecular weight is 259 g/mol. The van der Waals surface area contributed by atoms with Crippen LogP contribution in [0.4, 0.5) is 0 Å². The first-order valence-corrected chi connectivity index (χ1v) is 5.81. The lowest BCUT2D eigenvalue weighted by Gasteiger charge is -2.06. The summed E-state index contributed by atoms with van der Waals surface area (Å²) < 4.78 is 5.67. The minimum absolute atomic E-state index is 0.392. The molecule has 0 saturated heterocycles. The predicted octanol–water partition coefficient (Wildman–Crippen LogP) is 4.26. The van der Waals surface area contributed by atoms with Gasteiger partial charge in [-0.15, -0.1) is 0 Å². The van der Waals surface area contributed by atoms with Crippen LogP contribution in [0.1, 0.15) is 5.56 Å². The van der Waals surface area contributed by atoms with Crippen molar-refractivity contribution in [2.24, 2.45) is 0 Å². The highest BCUT2D eigenvalue weighted by molar-refractivity contribution is 6.49. The van der Waals surface area contributed by atoms with Crippen LogP contribution >= 0.6 is 11.6 Å². The van der Waals surface area contributed by atoms with Crippen LogP contribution in [0.3, 0.4) is 0 Å². The van der Waals surface area contributed by atoms with Crippen molar-refractivity contribution in [2.45, 2.75) is 0 Å². The van der Waals surface area contributed by atoms with Gasteiger partial charge in [-0.3, -0.25) is 4.79 Å². The number of para-hydroxylation sites is 1. The van der Waals surface area contributed by atoms with Gasteiger partial charge in [-0.1, -0.05) is 41.9 Å². The third kappa shape index (κ3) is 3.22. The monoisotopic (exact) mass is 258 g/mol. The molecule has 0 radical (unpaired) electrons. The number of aldehydes is 1. The fourth-order valence-electron chi connectivity index (χ4n) is 1.49. The Balaban J connectivity index is 2.23. The van der Waals surface area contributed by atoms with Gasteiger partial charge < -0.3 is 4.74 Å². The van der Waals surface area contributed by atoms with Gasteiger partial charge in [-0.25, -0.2) is 0 Å². The summed E-state index contributed by atoms with van der Waals surface area (Å²) in [6, 6.07) is 16.7. The number of carbonyl (C=O) groups excluding carboxylic acids is 1. The van der Waals surface area contributed by atoms with E-state index in [0.717, 1.165) is 11.3 Å². The van der Waals surface area contributed by atoms with Gasteiger partial charge in [0, 0.05) is 0 Å². The smallest absolute Gasteiger partial charge is 0.144 e. The maximum Gasteiger partial charge on any atom is 0.144 e. The molecule has 2 nitrogen and oxygen atoms in total. The second-order valence-electron chi connectivity index (χ2n) is 3.59. The molecule has 0 atom stereocenters. The van der Waals surface area contributed by atoms with E-state index in [2.05, 4.69) is 0 Å². The highest BCUT2D eigenvalue weighted by atomic mass is 35.5. The summed E-state index contributed by atoms with van der Waals surface area (Å²) in [6.45, 7) is 0. The third-order valence-electron chi connectivity index (χ3n) is 2.30. The highest BCUT2D eigenvalue weighted by Gasteiger charge is 2.01. The van der Waals surface area contributed by atoms with Crippen molar-refractivity contribution >= 4 is 22.9 Å². The molecular formula is C15H11ClO2. The van der Waals surface area contributed by atoms with Gasteiger partial charge in [-0.2, -0.15) is 0 Å². The van der Waals surface area contributed by atoms with Gasteiger partial charge in [0.2, 0.25) is 0 Å². The van der Waals surface area contributed by atoms with Crippen molar-refractivity contribution in [3.63, 3.8) is 0 Å². The van der Waals surface area contributed by atoms with Crippen molar-refractivity contribution in [2.75, 3.05) is 0 Å². The van der Waals surface area contributed by atoms with Crippen molar-refractivity contribution in [1.82, 2.24) is 0 Å². The molecule has 2 aromatic rings. The Labute approximate surface area is 110 Å².